The second kappa shape index (κ2) is 9.21. The van der Waals surface area contributed by atoms with E-state index in [0.29, 0.717) is 47.5 Å². The van der Waals surface area contributed by atoms with Crippen LogP contribution in [0.4, 0.5) is 0 Å². The summed E-state index contributed by atoms with van der Waals surface area (Å²) >= 11 is 12.6. The van der Waals surface area contributed by atoms with Crippen LogP contribution in [-0.2, 0) is 24.3 Å². The molecule has 0 bridgehead atoms. The number of Topliss-reactive ketones (excluding diaryl/α,β-unsaturated/α-hetero) is 1. The minimum absolute atomic E-state index is 0.148. The molecule has 3 aliphatic rings. The van der Waals surface area contributed by atoms with Gasteiger partial charge >= 0.3 is 0 Å². The van der Waals surface area contributed by atoms with E-state index in [1.165, 1.54) is 0 Å². The number of ketones is 1. The van der Waals surface area contributed by atoms with Crippen LogP contribution in [-0.4, -0.2) is 30.8 Å². The smallest absolute Gasteiger partial charge is 0.231 e. The fourth-order valence-corrected chi connectivity index (χ4v) is 5.06. The zero-order valence-electron chi connectivity index (χ0n) is 18.7. The second-order valence-electron chi connectivity index (χ2n) is 8.62. The first kappa shape index (κ1) is 22.4. The van der Waals surface area contributed by atoms with Gasteiger partial charge in [0.15, 0.2) is 12.6 Å². The van der Waals surface area contributed by atoms with Crippen LogP contribution in [0.5, 0.6) is 17.2 Å². The molecule has 6 nitrogen and oxygen atoms in total. The Morgan fingerprint density at radius 1 is 1.03 bits per heavy atom. The Bertz CT molecular complexity index is 1370. The number of hydrogen-bond donors (Lipinski definition) is 0. The Hall–Kier alpha value is -3.03. The normalized spacial score (nSPS) is 17.8. The Labute approximate surface area is 212 Å². The average molecular weight is 510 g/mol. The van der Waals surface area contributed by atoms with Crippen molar-refractivity contribution in [1.82, 2.24) is 4.90 Å². The van der Waals surface area contributed by atoms with Gasteiger partial charge in [0, 0.05) is 34.3 Å². The lowest BCUT2D eigenvalue weighted by Gasteiger charge is -2.29. The van der Waals surface area contributed by atoms with E-state index < -0.39 is 0 Å². The van der Waals surface area contributed by atoms with Crippen LogP contribution in [0.3, 0.4) is 0 Å². The van der Waals surface area contributed by atoms with Gasteiger partial charge < -0.3 is 18.9 Å². The Balaban J connectivity index is 1.26. The maximum absolute atomic E-state index is 13.2. The first-order chi connectivity index (χ1) is 17.1. The number of benzene rings is 3. The van der Waals surface area contributed by atoms with Crippen LogP contribution in [0.25, 0.3) is 6.08 Å². The molecule has 0 fully saturated rings. The lowest BCUT2D eigenvalue weighted by Crippen LogP contribution is -2.33. The molecular formula is C27H21Cl2NO5. The van der Waals surface area contributed by atoms with E-state index in [1.807, 2.05) is 30.3 Å². The molecule has 35 heavy (non-hydrogen) atoms. The van der Waals surface area contributed by atoms with Crippen LogP contribution in [0.2, 0.25) is 10.0 Å². The van der Waals surface area contributed by atoms with Gasteiger partial charge in [0.25, 0.3) is 0 Å². The molecule has 3 aromatic carbocycles. The van der Waals surface area contributed by atoms with Gasteiger partial charge in [-0.15, -0.1) is 0 Å². The number of allylic oxidation sites excluding steroid dienone is 1. The monoisotopic (exact) mass is 509 g/mol. The van der Waals surface area contributed by atoms with E-state index in [9.17, 15) is 4.79 Å². The highest BCUT2D eigenvalue weighted by atomic mass is 35.5. The maximum Gasteiger partial charge on any atom is 0.231 e. The number of ether oxygens (including phenoxy) is 4. The van der Waals surface area contributed by atoms with Crippen molar-refractivity contribution in [2.24, 2.45) is 0 Å². The first-order valence-corrected chi connectivity index (χ1v) is 12.0. The van der Waals surface area contributed by atoms with Crippen LogP contribution in [0.1, 0.15) is 32.6 Å². The average Bonchev–Trinajstić information content (AvgIpc) is 3.19. The van der Waals surface area contributed by atoms with Crippen LogP contribution in [0.15, 0.2) is 54.3 Å². The van der Waals surface area contributed by atoms with Crippen LogP contribution < -0.4 is 14.2 Å². The lowest BCUT2D eigenvalue weighted by molar-refractivity contribution is -0.0165. The summed E-state index contributed by atoms with van der Waals surface area (Å²) in [5.41, 5.74) is 3.98. The third kappa shape index (κ3) is 4.28. The van der Waals surface area contributed by atoms with Crippen molar-refractivity contribution in [3.63, 3.8) is 0 Å². The highest BCUT2D eigenvalue weighted by Gasteiger charge is 2.34. The van der Waals surface area contributed by atoms with Gasteiger partial charge in [-0.05, 0) is 48.4 Å². The molecule has 0 radical (unpaired) electrons. The summed E-state index contributed by atoms with van der Waals surface area (Å²) < 4.78 is 23.2. The molecule has 3 aliphatic heterocycles. The highest BCUT2D eigenvalue weighted by Crippen LogP contribution is 2.43. The van der Waals surface area contributed by atoms with E-state index in [1.54, 1.807) is 24.3 Å². The van der Waals surface area contributed by atoms with Gasteiger partial charge in [0.2, 0.25) is 5.78 Å². The SMILES string of the molecule is O=C1/C(=C/c2cc(Cl)cc3c2OCOC3)Oc2c1ccc1c2CN(CCc2ccccc2Cl)CO1. The van der Waals surface area contributed by atoms with Crippen molar-refractivity contribution in [3.05, 3.63) is 92.2 Å². The molecule has 8 heteroatoms. The number of carbonyl (C=O) groups is 1. The molecule has 0 aliphatic carbocycles. The molecular weight excluding hydrogens is 489 g/mol. The fourth-order valence-electron chi connectivity index (χ4n) is 4.58. The molecule has 3 aromatic rings. The molecule has 0 saturated heterocycles. The molecule has 3 heterocycles. The van der Waals surface area contributed by atoms with Crippen molar-refractivity contribution in [2.75, 3.05) is 20.1 Å². The number of nitrogens with zero attached hydrogens (tertiary/aromatic N) is 1. The Morgan fingerprint density at radius 2 is 1.91 bits per heavy atom. The van der Waals surface area contributed by atoms with Crippen LogP contribution >= 0.6 is 23.2 Å². The Morgan fingerprint density at radius 3 is 2.80 bits per heavy atom. The van der Waals surface area contributed by atoms with Crippen LogP contribution in [0, 0.1) is 0 Å². The van der Waals surface area contributed by atoms with E-state index in [2.05, 4.69) is 4.90 Å². The largest absolute Gasteiger partial charge is 0.478 e. The van der Waals surface area contributed by atoms with Gasteiger partial charge in [-0.3, -0.25) is 9.69 Å². The summed E-state index contributed by atoms with van der Waals surface area (Å²) in [6, 6.07) is 15.0. The fraction of sp³-hybridized carbons (Fsp3) is 0.222. The topological polar surface area (TPSA) is 57.2 Å². The molecule has 0 amide bonds. The van der Waals surface area contributed by atoms with Gasteiger partial charge in [-0.1, -0.05) is 41.4 Å². The Kier molecular flexibility index (Phi) is 5.90. The zero-order valence-corrected chi connectivity index (χ0v) is 20.2. The lowest BCUT2D eigenvalue weighted by atomic mass is 10.0. The van der Waals surface area contributed by atoms with Gasteiger partial charge in [-0.25, -0.2) is 0 Å². The first-order valence-electron chi connectivity index (χ1n) is 11.3. The summed E-state index contributed by atoms with van der Waals surface area (Å²) in [5, 5.41) is 1.29. The molecule has 0 aromatic heterocycles. The van der Waals surface area contributed by atoms with Gasteiger partial charge in [0.1, 0.15) is 24.0 Å². The van der Waals surface area contributed by atoms with Crippen molar-refractivity contribution in [1.29, 1.82) is 0 Å². The number of hydrogen-bond acceptors (Lipinski definition) is 6. The van der Waals surface area contributed by atoms with E-state index in [0.717, 1.165) is 40.4 Å². The zero-order chi connectivity index (χ0) is 23.9. The summed E-state index contributed by atoms with van der Waals surface area (Å²) in [5.74, 6) is 1.96. The minimum Gasteiger partial charge on any atom is -0.478 e. The van der Waals surface area contributed by atoms with Crippen molar-refractivity contribution >= 4 is 35.1 Å². The number of rotatable bonds is 4. The van der Waals surface area contributed by atoms with Crippen molar-refractivity contribution < 1.29 is 23.7 Å². The van der Waals surface area contributed by atoms with E-state index >= 15 is 0 Å². The second-order valence-corrected chi connectivity index (χ2v) is 9.46. The number of carbonyl (C=O) groups excluding carboxylic acids is 1. The highest BCUT2D eigenvalue weighted by molar-refractivity contribution is 6.31. The van der Waals surface area contributed by atoms with Crippen molar-refractivity contribution in [2.45, 2.75) is 19.6 Å². The summed E-state index contributed by atoms with van der Waals surface area (Å²) in [6.45, 7) is 2.37. The van der Waals surface area contributed by atoms with Crippen molar-refractivity contribution in [3.8, 4) is 17.2 Å². The minimum atomic E-state index is -0.184. The molecule has 0 N–H and O–H groups in total. The number of fused-ring (bicyclic) bond motifs is 4. The molecule has 6 rings (SSSR count). The van der Waals surface area contributed by atoms with Gasteiger partial charge in [-0.2, -0.15) is 0 Å². The van der Waals surface area contributed by atoms with E-state index in [4.69, 9.17) is 42.1 Å². The summed E-state index contributed by atoms with van der Waals surface area (Å²) in [4.78, 5) is 15.4. The number of halogens is 2. The molecule has 178 valence electrons. The molecule has 0 atom stereocenters. The quantitative estimate of drug-likeness (QED) is 0.410. The predicted octanol–water partition coefficient (Wildman–Crippen LogP) is 5.87. The molecule has 0 unspecified atom stereocenters. The van der Waals surface area contributed by atoms with Gasteiger partial charge in [0.05, 0.1) is 17.7 Å². The summed E-state index contributed by atoms with van der Waals surface area (Å²) in [7, 11) is 0. The molecule has 0 saturated carbocycles. The third-order valence-corrected chi connectivity index (χ3v) is 6.91. The maximum atomic E-state index is 13.2. The summed E-state index contributed by atoms with van der Waals surface area (Å²) in [6.07, 6.45) is 2.48. The third-order valence-electron chi connectivity index (χ3n) is 6.33. The predicted molar refractivity (Wildman–Crippen MR) is 132 cm³/mol. The standard InChI is InChI=1S/C27H21Cl2NO5/c28-19-9-17(26-18(10-19)13-32-15-34-26)11-24-25(31)20-5-6-23-21(27(20)35-24)12-30(14-33-23)8-7-16-3-1-2-4-22(16)29/h1-6,9-11H,7-8,12-15H2/b24-11-. The van der Waals surface area contributed by atoms with E-state index in [-0.39, 0.29) is 18.3 Å². The molecule has 0 spiro atoms.